The molecule has 0 unspecified atom stereocenters. The summed E-state index contributed by atoms with van der Waals surface area (Å²) < 4.78 is 10.6. The highest BCUT2D eigenvalue weighted by atomic mass is 32.1. The zero-order valence-electron chi connectivity index (χ0n) is 13.6. The minimum Gasteiger partial charge on any atom is -0.493 e. The predicted octanol–water partition coefficient (Wildman–Crippen LogP) is 1.83. The van der Waals surface area contributed by atoms with E-state index in [-0.39, 0.29) is 22.1 Å². The number of methoxy groups -OCH3 is 2. The van der Waals surface area contributed by atoms with Crippen LogP contribution in [0, 0.1) is 0 Å². The maximum atomic E-state index is 11.6. The number of ether oxygens (including phenoxy) is 2. The van der Waals surface area contributed by atoms with Crippen molar-refractivity contribution in [1.29, 1.82) is 0 Å². The van der Waals surface area contributed by atoms with E-state index in [9.17, 15) is 4.79 Å². The summed E-state index contributed by atoms with van der Waals surface area (Å²) in [7, 11) is 3.08. The number of nitrogens with zero attached hydrogens (tertiary/aromatic N) is 1. The molecule has 3 aromatic rings. The SMILES string of the molecule is COc1ccc(-c2c(N)c(N)nc3sc(C(N)=O)c(N)c23)cc1OC. The van der Waals surface area contributed by atoms with Gasteiger partial charge in [0.15, 0.2) is 11.5 Å². The van der Waals surface area contributed by atoms with Gasteiger partial charge in [0.05, 0.1) is 25.6 Å². The molecule has 0 aliphatic carbocycles. The predicted molar refractivity (Wildman–Crippen MR) is 99.9 cm³/mol. The van der Waals surface area contributed by atoms with Crippen molar-refractivity contribution >= 4 is 44.7 Å². The topological polar surface area (TPSA) is 152 Å². The maximum Gasteiger partial charge on any atom is 0.260 e. The molecule has 8 N–H and O–H groups in total. The van der Waals surface area contributed by atoms with Gasteiger partial charge in [0, 0.05) is 10.9 Å². The summed E-state index contributed by atoms with van der Waals surface area (Å²) in [4.78, 5) is 16.6. The average Bonchev–Trinajstić information content (AvgIpc) is 2.92. The zero-order chi connectivity index (χ0) is 18.3. The van der Waals surface area contributed by atoms with E-state index in [1.165, 1.54) is 7.11 Å². The van der Waals surface area contributed by atoms with Crippen LogP contribution in [-0.4, -0.2) is 25.1 Å². The number of benzene rings is 1. The third-order valence-electron chi connectivity index (χ3n) is 3.84. The number of pyridine rings is 1. The van der Waals surface area contributed by atoms with Gasteiger partial charge in [0.2, 0.25) is 0 Å². The van der Waals surface area contributed by atoms with E-state index >= 15 is 0 Å². The van der Waals surface area contributed by atoms with Gasteiger partial charge in [-0.3, -0.25) is 4.79 Å². The Kier molecular flexibility index (Phi) is 4.01. The molecule has 0 aliphatic rings. The molecule has 9 heteroatoms. The van der Waals surface area contributed by atoms with Crippen molar-refractivity contribution in [2.45, 2.75) is 0 Å². The van der Waals surface area contributed by atoms with Gasteiger partial charge in [0.25, 0.3) is 5.91 Å². The number of rotatable bonds is 4. The van der Waals surface area contributed by atoms with E-state index < -0.39 is 5.91 Å². The van der Waals surface area contributed by atoms with Crippen molar-refractivity contribution in [1.82, 2.24) is 4.98 Å². The molecule has 0 aliphatic heterocycles. The first kappa shape index (κ1) is 16.7. The number of aromatic nitrogens is 1. The summed E-state index contributed by atoms with van der Waals surface area (Å²) >= 11 is 1.08. The normalized spacial score (nSPS) is 10.8. The molecule has 25 heavy (non-hydrogen) atoms. The molecule has 0 spiro atoms. The highest BCUT2D eigenvalue weighted by Crippen LogP contribution is 2.45. The van der Waals surface area contributed by atoms with E-state index in [0.717, 1.165) is 11.3 Å². The zero-order valence-corrected chi connectivity index (χ0v) is 14.4. The highest BCUT2D eigenvalue weighted by Gasteiger charge is 2.22. The summed E-state index contributed by atoms with van der Waals surface area (Å²) in [6, 6.07) is 5.30. The summed E-state index contributed by atoms with van der Waals surface area (Å²) in [5.41, 5.74) is 25.4. The molecule has 2 aromatic heterocycles. The highest BCUT2D eigenvalue weighted by molar-refractivity contribution is 7.21. The molecule has 0 radical (unpaired) electrons. The number of carbonyl (C=O) groups is 1. The number of hydrogen-bond donors (Lipinski definition) is 4. The lowest BCUT2D eigenvalue weighted by molar-refractivity contribution is 0.100. The van der Waals surface area contributed by atoms with Crippen molar-refractivity contribution in [3.8, 4) is 22.6 Å². The van der Waals surface area contributed by atoms with E-state index in [1.54, 1.807) is 25.3 Å². The number of primary amides is 1. The number of carbonyl (C=O) groups excluding carboxylic acids is 1. The van der Waals surface area contributed by atoms with Gasteiger partial charge in [-0.05, 0) is 17.7 Å². The minimum atomic E-state index is -0.629. The van der Waals surface area contributed by atoms with Crippen LogP contribution in [0.1, 0.15) is 9.67 Å². The monoisotopic (exact) mass is 359 g/mol. The van der Waals surface area contributed by atoms with Crippen molar-refractivity contribution in [2.24, 2.45) is 5.73 Å². The Balaban J connectivity index is 2.39. The van der Waals surface area contributed by atoms with Gasteiger partial charge in [-0.15, -0.1) is 11.3 Å². The van der Waals surface area contributed by atoms with Crippen molar-refractivity contribution in [3.05, 3.63) is 23.1 Å². The van der Waals surface area contributed by atoms with Crippen LogP contribution < -0.4 is 32.4 Å². The van der Waals surface area contributed by atoms with E-state index in [4.69, 9.17) is 32.4 Å². The van der Waals surface area contributed by atoms with Crippen molar-refractivity contribution < 1.29 is 14.3 Å². The lowest BCUT2D eigenvalue weighted by Gasteiger charge is -2.13. The van der Waals surface area contributed by atoms with Gasteiger partial charge in [-0.1, -0.05) is 6.07 Å². The number of anilines is 3. The maximum absolute atomic E-state index is 11.6. The molecule has 0 bridgehead atoms. The Bertz CT molecular complexity index is 999. The molecule has 0 saturated heterocycles. The largest absolute Gasteiger partial charge is 0.493 e. The number of thiophene rings is 1. The second kappa shape index (κ2) is 6.02. The Morgan fingerprint density at radius 2 is 1.76 bits per heavy atom. The van der Waals surface area contributed by atoms with Gasteiger partial charge in [-0.2, -0.15) is 0 Å². The van der Waals surface area contributed by atoms with Gasteiger partial charge < -0.3 is 32.4 Å². The lowest BCUT2D eigenvalue weighted by atomic mass is 9.99. The standard InChI is InChI=1S/C16H17N5O3S/c1-23-7-4-3-6(5-8(7)24-2)9-10-11(17)13(15(20)22)25-16(10)21-14(19)12(9)18/h3-5H,17-18H2,1-2H3,(H2,19,21)(H2,20,22). The van der Waals surface area contributed by atoms with E-state index in [1.807, 2.05) is 0 Å². The molecule has 0 fully saturated rings. The molecule has 8 nitrogen and oxygen atoms in total. The molecular weight excluding hydrogens is 342 g/mol. The fourth-order valence-electron chi connectivity index (χ4n) is 2.66. The summed E-state index contributed by atoms with van der Waals surface area (Å²) in [5, 5.41) is 0.540. The van der Waals surface area contributed by atoms with Crippen LogP contribution in [0.3, 0.4) is 0 Å². The second-order valence-electron chi connectivity index (χ2n) is 5.24. The lowest BCUT2D eigenvalue weighted by Crippen LogP contribution is -2.10. The molecule has 3 rings (SSSR count). The van der Waals surface area contributed by atoms with Crippen LogP contribution in [0.15, 0.2) is 18.2 Å². The van der Waals surface area contributed by atoms with Crippen LogP contribution in [0.4, 0.5) is 17.2 Å². The summed E-state index contributed by atoms with van der Waals surface area (Å²) in [6.45, 7) is 0. The van der Waals surface area contributed by atoms with Crippen LogP contribution in [0.2, 0.25) is 0 Å². The smallest absolute Gasteiger partial charge is 0.260 e. The van der Waals surface area contributed by atoms with Gasteiger partial charge >= 0.3 is 0 Å². The third kappa shape index (κ3) is 2.54. The third-order valence-corrected chi connectivity index (χ3v) is 4.95. The first-order chi connectivity index (χ1) is 11.9. The second-order valence-corrected chi connectivity index (χ2v) is 6.24. The molecule has 0 saturated carbocycles. The molecule has 0 atom stereocenters. The molecular formula is C16H17N5O3S. The molecule has 1 amide bonds. The number of nitrogens with two attached hydrogens (primary N) is 4. The van der Waals surface area contributed by atoms with Crippen molar-refractivity contribution in [2.75, 3.05) is 31.4 Å². The van der Waals surface area contributed by atoms with Crippen LogP contribution >= 0.6 is 11.3 Å². The number of nitrogen functional groups attached to an aromatic ring is 3. The van der Waals surface area contributed by atoms with Gasteiger partial charge in [0.1, 0.15) is 15.5 Å². The number of hydrogen-bond acceptors (Lipinski definition) is 8. The Morgan fingerprint density at radius 1 is 1.08 bits per heavy atom. The van der Waals surface area contributed by atoms with Crippen LogP contribution in [0.25, 0.3) is 21.3 Å². The molecule has 2 heterocycles. The molecule has 1 aromatic carbocycles. The van der Waals surface area contributed by atoms with Gasteiger partial charge in [-0.25, -0.2) is 4.98 Å². The number of amides is 1. The first-order valence-electron chi connectivity index (χ1n) is 7.18. The summed E-state index contributed by atoms with van der Waals surface area (Å²) in [6.07, 6.45) is 0. The number of fused-ring (bicyclic) bond motifs is 1. The van der Waals surface area contributed by atoms with Crippen LogP contribution in [0.5, 0.6) is 11.5 Å². The summed E-state index contributed by atoms with van der Waals surface area (Å²) in [5.74, 6) is 0.608. The molecule has 130 valence electrons. The van der Waals surface area contributed by atoms with E-state index in [0.29, 0.717) is 32.8 Å². The fourth-order valence-corrected chi connectivity index (χ4v) is 3.62. The Hall–Kier alpha value is -3.20. The minimum absolute atomic E-state index is 0.148. The van der Waals surface area contributed by atoms with Crippen molar-refractivity contribution in [3.63, 3.8) is 0 Å². The Morgan fingerprint density at radius 3 is 2.36 bits per heavy atom. The first-order valence-corrected chi connectivity index (χ1v) is 7.99. The fraction of sp³-hybridized carbons (Fsp3) is 0.125. The quantitative estimate of drug-likeness (QED) is 0.554. The Labute approximate surface area is 147 Å². The van der Waals surface area contributed by atoms with E-state index in [2.05, 4.69) is 4.98 Å². The average molecular weight is 359 g/mol. The van der Waals surface area contributed by atoms with Crippen LogP contribution in [-0.2, 0) is 0 Å².